The van der Waals surface area contributed by atoms with Crippen LogP contribution in [0.5, 0.6) is 11.5 Å². The van der Waals surface area contributed by atoms with Gasteiger partial charge in [0.1, 0.15) is 11.5 Å². The van der Waals surface area contributed by atoms with E-state index in [-0.39, 0.29) is 10.9 Å². The molecular weight excluding hydrogens is 352 g/mol. The highest BCUT2D eigenvalue weighted by Crippen LogP contribution is 2.37. The molecule has 140 valence electrons. The lowest BCUT2D eigenvalue weighted by molar-refractivity contribution is 0.340. The molecule has 1 unspecified atom stereocenters. The normalized spacial score (nSPS) is 11.9. The second-order valence-corrected chi connectivity index (χ2v) is 8.58. The van der Waals surface area contributed by atoms with Crippen LogP contribution in [0.25, 0.3) is 0 Å². The molecule has 3 aromatic rings. The van der Waals surface area contributed by atoms with Crippen molar-refractivity contribution in [3.63, 3.8) is 0 Å². The first-order chi connectivity index (χ1) is 13.0. The lowest BCUT2D eigenvalue weighted by Gasteiger charge is -2.14. The van der Waals surface area contributed by atoms with Crippen molar-refractivity contribution in [3.05, 3.63) is 77.4 Å². The van der Waals surface area contributed by atoms with Gasteiger partial charge >= 0.3 is 0 Å². The van der Waals surface area contributed by atoms with E-state index in [0.29, 0.717) is 6.61 Å². The van der Waals surface area contributed by atoms with Crippen molar-refractivity contribution in [3.8, 4) is 11.5 Å². The maximum absolute atomic E-state index is 5.63. The van der Waals surface area contributed by atoms with Gasteiger partial charge in [-0.05, 0) is 76.2 Å². The number of hydrogen-bond acceptors (Lipinski definition) is 2. The van der Waals surface area contributed by atoms with Gasteiger partial charge in [0.15, 0.2) is 14.7 Å². The lowest BCUT2D eigenvalue weighted by Crippen LogP contribution is -2.09. The highest BCUT2D eigenvalue weighted by atomic mass is 32.2. The van der Waals surface area contributed by atoms with E-state index in [4.69, 9.17) is 9.47 Å². The van der Waals surface area contributed by atoms with Gasteiger partial charge in [-0.3, -0.25) is 0 Å². The Morgan fingerprint density at radius 3 is 1.67 bits per heavy atom. The second kappa shape index (κ2) is 8.53. The first kappa shape index (κ1) is 19.4. The topological polar surface area (TPSA) is 18.5 Å². The number of hydrogen-bond donors (Lipinski definition) is 0. The third-order valence-electron chi connectivity index (χ3n) is 4.47. The first-order valence-electron chi connectivity index (χ1n) is 9.22. The second-order valence-electron chi connectivity index (χ2n) is 6.61. The number of methoxy groups -OCH3 is 1. The molecule has 0 bridgehead atoms. The fourth-order valence-electron chi connectivity index (χ4n) is 3.41. The van der Waals surface area contributed by atoms with E-state index in [1.54, 1.807) is 7.11 Å². The Labute approximate surface area is 165 Å². The van der Waals surface area contributed by atoms with E-state index in [1.807, 2.05) is 19.1 Å². The Morgan fingerprint density at radius 2 is 1.22 bits per heavy atom. The van der Waals surface area contributed by atoms with E-state index in [0.717, 1.165) is 11.5 Å². The Morgan fingerprint density at radius 1 is 0.741 bits per heavy atom. The number of aryl methyl sites for hydroxylation is 3. The van der Waals surface area contributed by atoms with Crippen LogP contribution in [0.2, 0.25) is 0 Å². The number of ether oxygens (including phenoxy) is 2. The zero-order chi connectivity index (χ0) is 19.4. The van der Waals surface area contributed by atoms with Gasteiger partial charge in [0.05, 0.1) is 24.6 Å². The SMILES string of the molecule is CCOc1ccc([S+](c2ccc(OC)cc2)c2c(C)cc(C)cc2C)cc1. The Kier molecular flexibility index (Phi) is 6.12. The summed E-state index contributed by atoms with van der Waals surface area (Å²) in [6.45, 7) is 9.28. The van der Waals surface area contributed by atoms with E-state index in [2.05, 4.69) is 69.3 Å². The quantitative estimate of drug-likeness (QED) is 0.481. The third kappa shape index (κ3) is 4.30. The van der Waals surface area contributed by atoms with E-state index in [1.165, 1.54) is 31.4 Å². The molecule has 0 amide bonds. The molecule has 0 saturated heterocycles. The molecule has 0 aliphatic carbocycles. The van der Waals surface area contributed by atoms with E-state index < -0.39 is 0 Å². The summed E-state index contributed by atoms with van der Waals surface area (Å²) < 4.78 is 11.0. The minimum Gasteiger partial charge on any atom is -0.497 e. The molecule has 0 fully saturated rings. The van der Waals surface area contributed by atoms with Crippen molar-refractivity contribution >= 4 is 10.9 Å². The van der Waals surface area contributed by atoms with Gasteiger partial charge in [-0.15, -0.1) is 0 Å². The summed E-state index contributed by atoms with van der Waals surface area (Å²) in [5, 5.41) is 0. The maximum Gasteiger partial charge on any atom is 0.172 e. The van der Waals surface area contributed by atoms with Crippen LogP contribution in [0, 0.1) is 20.8 Å². The van der Waals surface area contributed by atoms with E-state index >= 15 is 0 Å². The predicted molar refractivity (Wildman–Crippen MR) is 113 cm³/mol. The highest BCUT2D eigenvalue weighted by molar-refractivity contribution is 7.97. The zero-order valence-corrected chi connectivity index (χ0v) is 17.5. The Balaban J connectivity index is 2.14. The summed E-state index contributed by atoms with van der Waals surface area (Å²) in [5.41, 5.74) is 3.97. The van der Waals surface area contributed by atoms with Gasteiger partial charge in [0, 0.05) is 11.1 Å². The largest absolute Gasteiger partial charge is 0.497 e. The summed E-state index contributed by atoms with van der Waals surface area (Å²) in [6, 6.07) is 21.5. The molecule has 1 atom stereocenters. The van der Waals surface area contributed by atoms with Crippen LogP contribution >= 0.6 is 0 Å². The molecule has 3 rings (SSSR count). The average Bonchev–Trinajstić information content (AvgIpc) is 2.66. The van der Waals surface area contributed by atoms with Crippen LogP contribution < -0.4 is 9.47 Å². The molecule has 2 nitrogen and oxygen atoms in total. The molecule has 0 aromatic heterocycles. The third-order valence-corrected chi connectivity index (χ3v) is 7.01. The minimum absolute atomic E-state index is 0.180. The smallest absolute Gasteiger partial charge is 0.172 e. The monoisotopic (exact) mass is 379 g/mol. The molecule has 0 aliphatic rings. The Hall–Kier alpha value is -2.39. The van der Waals surface area contributed by atoms with Crippen molar-refractivity contribution in [1.82, 2.24) is 0 Å². The summed E-state index contributed by atoms with van der Waals surface area (Å²) in [6.07, 6.45) is 0. The van der Waals surface area contributed by atoms with Gasteiger partial charge in [-0.25, -0.2) is 0 Å². The van der Waals surface area contributed by atoms with Crippen molar-refractivity contribution < 1.29 is 9.47 Å². The molecule has 0 N–H and O–H groups in total. The zero-order valence-electron chi connectivity index (χ0n) is 16.7. The summed E-state index contributed by atoms with van der Waals surface area (Å²) >= 11 is 0. The summed E-state index contributed by atoms with van der Waals surface area (Å²) in [5.74, 6) is 1.79. The van der Waals surface area contributed by atoms with Crippen molar-refractivity contribution in [2.45, 2.75) is 42.4 Å². The van der Waals surface area contributed by atoms with Crippen LogP contribution in [-0.2, 0) is 10.9 Å². The molecule has 0 radical (unpaired) electrons. The summed E-state index contributed by atoms with van der Waals surface area (Å²) in [7, 11) is 1.52. The minimum atomic E-state index is -0.180. The molecular formula is C24H27O2S+. The van der Waals surface area contributed by atoms with Crippen molar-refractivity contribution in [2.24, 2.45) is 0 Å². The molecule has 0 spiro atoms. The Bertz CT molecular complexity index is 876. The van der Waals surface area contributed by atoms with Gasteiger partial charge in [-0.1, -0.05) is 17.7 Å². The van der Waals surface area contributed by atoms with Crippen LogP contribution in [0.3, 0.4) is 0 Å². The molecule has 0 saturated carbocycles. The summed E-state index contributed by atoms with van der Waals surface area (Å²) in [4.78, 5) is 3.98. The van der Waals surface area contributed by atoms with Gasteiger partial charge < -0.3 is 9.47 Å². The standard InChI is InChI=1S/C24H27O2S/c1-6-26-21-9-13-23(14-10-21)27(22-11-7-20(25-5)8-12-22)24-18(3)15-17(2)16-19(24)4/h7-16H,6H2,1-5H3/q+1. The number of benzene rings is 3. The van der Waals surface area contributed by atoms with Crippen molar-refractivity contribution in [2.75, 3.05) is 13.7 Å². The van der Waals surface area contributed by atoms with Crippen LogP contribution in [0.1, 0.15) is 23.6 Å². The first-order valence-corrected chi connectivity index (χ1v) is 10.4. The lowest BCUT2D eigenvalue weighted by atomic mass is 10.1. The molecule has 0 aliphatic heterocycles. The number of rotatable bonds is 6. The molecule has 3 heteroatoms. The highest BCUT2D eigenvalue weighted by Gasteiger charge is 2.32. The van der Waals surface area contributed by atoms with Crippen LogP contribution in [0.4, 0.5) is 0 Å². The fourth-order valence-corrected chi connectivity index (χ4v) is 5.73. The van der Waals surface area contributed by atoms with E-state index in [9.17, 15) is 0 Å². The molecule has 27 heavy (non-hydrogen) atoms. The van der Waals surface area contributed by atoms with Gasteiger partial charge in [-0.2, -0.15) is 0 Å². The predicted octanol–water partition coefficient (Wildman–Crippen LogP) is 6.11. The molecule has 0 heterocycles. The van der Waals surface area contributed by atoms with Crippen molar-refractivity contribution in [1.29, 1.82) is 0 Å². The van der Waals surface area contributed by atoms with Gasteiger partial charge in [0.2, 0.25) is 0 Å². The van der Waals surface area contributed by atoms with Crippen LogP contribution in [0.15, 0.2) is 75.4 Å². The van der Waals surface area contributed by atoms with Crippen LogP contribution in [-0.4, -0.2) is 13.7 Å². The average molecular weight is 380 g/mol. The van der Waals surface area contributed by atoms with Gasteiger partial charge in [0.25, 0.3) is 0 Å². The fraction of sp³-hybridized carbons (Fsp3) is 0.250. The molecule has 3 aromatic carbocycles. The maximum atomic E-state index is 5.63.